The molecule has 0 aromatic heterocycles. The maximum atomic E-state index is 8.88. The molecule has 0 spiro atoms. The van der Waals surface area contributed by atoms with Gasteiger partial charge in [-0.25, -0.2) is 4.57 Å². The first kappa shape index (κ1) is 16.0. The van der Waals surface area contributed by atoms with E-state index in [-0.39, 0.29) is 58.3 Å². The van der Waals surface area contributed by atoms with Crippen molar-refractivity contribution in [2.24, 2.45) is 0 Å². The van der Waals surface area contributed by atoms with E-state index >= 15 is 0 Å². The van der Waals surface area contributed by atoms with E-state index in [1.807, 2.05) is 0 Å². The summed E-state index contributed by atoms with van der Waals surface area (Å²) in [5.41, 5.74) is 0. The fraction of sp³-hybridized carbons (Fsp3) is 0. The Labute approximate surface area is 84.5 Å². The molecule has 4 nitrogen and oxygen atoms in total. The van der Waals surface area contributed by atoms with Gasteiger partial charge in [-0.15, -0.1) is 0 Å². The van der Waals surface area contributed by atoms with Crippen molar-refractivity contribution in [3.63, 3.8) is 0 Å². The summed E-state index contributed by atoms with van der Waals surface area (Å²) in [5, 5.41) is 0. The number of hydrogen-bond acceptors (Lipinski definition) is 1. The molecule has 0 rings (SSSR count). The van der Waals surface area contributed by atoms with Gasteiger partial charge in [0.15, 0.2) is 0 Å². The fourth-order valence-electron chi connectivity index (χ4n) is 0. The Morgan fingerprint density at radius 2 is 1.29 bits per heavy atom. The van der Waals surface area contributed by atoms with E-state index in [0.717, 1.165) is 0 Å². The Hall–Kier alpha value is 2.03. The Morgan fingerprint density at radius 1 is 1.29 bits per heavy atom. The van der Waals surface area contributed by atoms with E-state index in [9.17, 15) is 0 Å². The Bertz CT molecular complexity index is 62.2. The summed E-state index contributed by atoms with van der Waals surface area (Å²) in [6.07, 6.45) is 0. The molecule has 0 aromatic carbocycles. The molecule has 0 unspecified atom stereocenters. The summed E-state index contributed by atoms with van der Waals surface area (Å²) in [6, 6.07) is 0. The van der Waals surface area contributed by atoms with Crippen LogP contribution in [-0.4, -0.2) is 42.0 Å². The first-order valence-corrected chi connectivity index (χ1v) is 2.35. The van der Waals surface area contributed by atoms with Crippen LogP contribution in [0.15, 0.2) is 0 Å². The van der Waals surface area contributed by atoms with Crippen LogP contribution < -0.4 is 29.6 Å². The minimum atomic E-state index is -4.64. The molecular weight excluding hydrogens is 325 g/mol. The minimum absolute atomic E-state index is 0. The first-order chi connectivity index (χ1) is 2.00. The van der Waals surface area contributed by atoms with Crippen molar-refractivity contribution in [2.45, 2.75) is 0 Å². The number of phosphoric acid groups is 1. The molecule has 0 saturated heterocycles. The van der Waals surface area contributed by atoms with Crippen molar-refractivity contribution in [1.82, 2.24) is 0 Å². The molecule has 0 aromatic rings. The molecule has 0 aliphatic rings. The van der Waals surface area contributed by atoms with Gasteiger partial charge in [0.05, 0.1) is 0 Å². The van der Waals surface area contributed by atoms with E-state index in [0.29, 0.717) is 0 Å². The first-order valence-electron chi connectivity index (χ1n) is 0.783. The zero-order chi connectivity index (χ0) is 4.50. The third-order valence-corrected chi connectivity index (χ3v) is 0. The van der Waals surface area contributed by atoms with Crippen molar-refractivity contribution < 1.29 is 50.2 Å². The standard InChI is InChI=1S/Na.H3O4P.Pb.3H/c;1-5(2,3)4;;;;/h;(H3,1,2,3,4);;;;/q+1;;;;;-1. The monoisotopic (exact) mass is 332 g/mol. The van der Waals surface area contributed by atoms with Gasteiger partial charge < -0.3 is 16.1 Å². The van der Waals surface area contributed by atoms with Gasteiger partial charge in [0, 0.05) is 0 Å². The summed E-state index contributed by atoms with van der Waals surface area (Å²) in [6.45, 7) is 0. The van der Waals surface area contributed by atoms with Crippen molar-refractivity contribution in [3.8, 4) is 0 Å². The van der Waals surface area contributed by atoms with Gasteiger partial charge >= 0.3 is 64.7 Å². The Balaban J connectivity index is -0.0000000267. The second kappa shape index (κ2) is 6.16. The normalized spacial score (nSPS) is 8.43. The van der Waals surface area contributed by atoms with Crippen LogP contribution in [0.5, 0.6) is 0 Å². The summed E-state index contributed by atoms with van der Waals surface area (Å²) in [5.74, 6) is 0. The van der Waals surface area contributed by atoms with Crippen LogP contribution in [0.1, 0.15) is 1.43 Å². The summed E-state index contributed by atoms with van der Waals surface area (Å²) in [4.78, 5) is 21.6. The van der Waals surface area contributed by atoms with Gasteiger partial charge in [-0.3, -0.25) is 0 Å². The SMILES string of the molecule is O=P(O)(O)O.[H-].[Na+].[PbH2]. The van der Waals surface area contributed by atoms with Gasteiger partial charge in [0.2, 0.25) is 0 Å². The average Bonchev–Trinajstić information content (AvgIpc) is 0.722. The molecule has 2 radical (unpaired) electrons. The average molecular weight is 331 g/mol. The van der Waals surface area contributed by atoms with Crippen LogP contribution in [-0.2, 0) is 4.57 Å². The summed E-state index contributed by atoms with van der Waals surface area (Å²) in [7, 11) is -4.64. The molecule has 40 valence electrons. The predicted octanol–water partition coefficient (Wildman–Crippen LogP) is -4.73. The molecule has 0 saturated carbocycles. The molecule has 0 fully saturated rings. The molecule has 7 heavy (non-hydrogen) atoms. The zero-order valence-electron chi connectivity index (χ0n) is 4.90. The zero-order valence-corrected chi connectivity index (χ0v) is 12.3. The molecule has 0 heterocycles. The summed E-state index contributed by atoms with van der Waals surface area (Å²) >= 11 is 0. The third-order valence-electron chi connectivity index (χ3n) is 0. The maximum absolute atomic E-state index is 8.88. The van der Waals surface area contributed by atoms with Crippen molar-refractivity contribution in [3.05, 3.63) is 0 Å². The van der Waals surface area contributed by atoms with Gasteiger partial charge in [-0.2, -0.15) is 0 Å². The fourth-order valence-corrected chi connectivity index (χ4v) is 0. The third kappa shape index (κ3) is 70.8. The number of hydrogen-bond donors (Lipinski definition) is 3. The van der Waals surface area contributed by atoms with Gasteiger partial charge in [-0.1, -0.05) is 0 Å². The van der Waals surface area contributed by atoms with Crippen LogP contribution in [0, 0.1) is 0 Å². The van der Waals surface area contributed by atoms with E-state index < -0.39 is 7.82 Å². The molecule has 0 aliphatic carbocycles. The molecule has 3 N–H and O–H groups in total. The van der Waals surface area contributed by atoms with Crippen LogP contribution in [0.2, 0.25) is 0 Å². The van der Waals surface area contributed by atoms with Gasteiger partial charge in [0.1, 0.15) is 0 Å². The predicted molar refractivity (Wildman–Crippen MR) is 23.9 cm³/mol. The second-order valence-corrected chi connectivity index (χ2v) is 1.54. The molecular formula is H6NaO4PPb. The Morgan fingerprint density at radius 3 is 1.29 bits per heavy atom. The van der Waals surface area contributed by atoms with E-state index in [4.69, 9.17) is 19.2 Å². The van der Waals surface area contributed by atoms with Crippen molar-refractivity contribution in [2.75, 3.05) is 0 Å². The topological polar surface area (TPSA) is 77.8 Å². The van der Waals surface area contributed by atoms with Crippen LogP contribution in [0.4, 0.5) is 0 Å². The van der Waals surface area contributed by atoms with E-state index in [1.165, 1.54) is 0 Å². The molecule has 0 aliphatic heterocycles. The van der Waals surface area contributed by atoms with Gasteiger partial charge in [0.25, 0.3) is 0 Å². The molecule has 0 bridgehead atoms. The summed E-state index contributed by atoms with van der Waals surface area (Å²) < 4.78 is 8.88. The van der Waals surface area contributed by atoms with Crippen molar-refractivity contribution >= 4 is 35.1 Å². The van der Waals surface area contributed by atoms with Crippen LogP contribution in [0.3, 0.4) is 0 Å². The van der Waals surface area contributed by atoms with Crippen LogP contribution in [0.25, 0.3) is 0 Å². The van der Waals surface area contributed by atoms with E-state index in [1.54, 1.807) is 0 Å². The molecule has 0 amide bonds. The van der Waals surface area contributed by atoms with Gasteiger partial charge in [-0.05, 0) is 0 Å². The van der Waals surface area contributed by atoms with E-state index in [2.05, 4.69) is 0 Å². The molecule has 0 atom stereocenters. The van der Waals surface area contributed by atoms with Crippen LogP contribution >= 0.6 is 7.82 Å². The molecule has 7 heteroatoms. The second-order valence-electron chi connectivity index (χ2n) is 0.513. The number of rotatable bonds is 0. The Kier molecular flexibility index (Phi) is 14.1. The quantitative estimate of drug-likeness (QED) is 0.308. The van der Waals surface area contributed by atoms with Crippen molar-refractivity contribution in [1.29, 1.82) is 0 Å².